The maximum atomic E-state index is 12.5. The second-order valence-corrected chi connectivity index (χ2v) is 7.93. The van der Waals surface area contributed by atoms with Crippen molar-refractivity contribution in [2.24, 2.45) is 0 Å². The fourth-order valence-electron chi connectivity index (χ4n) is 2.66. The topological polar surface area (TPSA) is 71.1 Å². The molecule has 2 N–H and O–H groups in total. The van der Waals surface area contributed by atoms with E-state index in [0.29, 0.717) is 11.5 Å². The zero-order valence-corrected chi connectivity index (χ0v) is 15.8. The van der Waals surface area contributed by atoms with Gasteiger partial charge in [-0.25, -0.2) is 13.4 Å². The van der Waals surface area contributed by atoms with Crippen molar-refractivity contribution in [3.05, 3.63) is 77.5 Å². The fraction of sp³-hybridized carbons (Fsp3) is 0.150. The van der Waals surface area contributed by atoms with Gasteiger partial charge >= 0.3 is 0 Å². The molecule has 0 saturated heterocycles. The highest BCUT2D eigenvalue weighted by molar-refractivity contribution is 7.92. The standard InChI is InChI=1S/C20H21N3O2S/c1-14-6-4-9-18(12-14)26(24,25)23-17-10-11-19(21-13-17)22-20-15(2)7-5-8-16(20)3/h4-13,23H,1-3H3,(H,21,22). The van der Waals surface area contributed by atoms with Gasteiger partial charge in [0.1, 0.15) is 5.82 Å². The zero-order chi connectivity index (χ0) is 18.7. The largest absolute Gasteiger partial charge is 0.340 e. The highest BCUT2D eigenvalue weighted by Gasteiger charge is 2.14. The summed E-state index contributed by atoms with van der Waals surface area (Å²) in [7, 11) is -3.63. The number of benzene rings is 2. The van der Waals surface area contributed by atoms with Crippen LogP contribution >= 0.6 is 0 Å². The SMILES string of the molecule is Cc1cccc(S(=O)(=O)Nc2ccc(Nc3c(C)cccc3C)nc2)c1. The molecule has 0 aliphatic heterocycles. The molecular formula is C20H21N3O2S. The zero-order valence-electron chi connectivity index (χ0n) is 14.9. The maximum absolute atomic E-state index is 12.5. The van der Waals surface area contributed by atoms with E-state index in [1.54, 1.807) is 30.3 Å². The highest BCUT2D eigenvalue weighted by Crippen LogP contribution is 2.24. The molecule has 0 fully saturated rings. The first-order valence-electron chi connectivity index (χ1n) is 8.24. The molecule has 0 radical (unpaired) electrons. The van der Waals surface area contributed by atoms with Crippen molar-refractivity contribution in [2.75, 3.05) is 10.0 Å². The normalized spacial score (nSPS) is 11.2. The summed E-state index contributed by atoms with van der Waals surface area (Å²) in [6.07, 6.45) is 1.50. The van der Waals surface area contributed by atoms with Crippen molar-refractivity contribution >= 4 is 27.2 Å². The third-order valence-corrected chi connectivity index (χ3v) is 5.43. The van der Waals surface area contributed by atoms with Gasteiger partial charge in [-0.05, 0) is 61.7 Å². The minimum atomic E-state index is -3.63. The second kappa shape index (κ2) is 7.17. The lowest BCUT2D eigenvalue weighted by Gasteiger charge is -2.13. The van der Waals surface area contributed by atoms with Crippen molar-refractivity contribution in [1.29, 1.82) is 0 Å². The molecule has 134 valence electrons. The third kappa shape index (κ3) is 4.03. The van der Waals surface area contributed by atoms with Gasteiger partial charge < -0.3 is 5.32 Å². The molecule has 3 rings (SSSR count). The Balaban J connectivity index is 1.78. The van der Waals surface area contributed by atoms with Crippen LogP contribution in [0.5, 0.6) is 0 Å². The summed E-state index contributed by atoms with van der Waals surface area (Å²) in [5.41, 5.74) is 4.55. The minimum Gasteiger partial charge on any atom is -0.340 e. The molecule has 1 aromatic heterocycles. The van der Waals surface area contributed by atoms with Crippen LogP contribution in [-0.4, -0.2) is 13.4 Å². The molecule has 3 aromatic rings. The number of rotatable bonds is 5. The molecule has 2 aromatic carbocycles. The molecule has 1 heterocycles. The molecule has 0 aliphatic rings. The summed E-state index contributed by atoms with van der Waals surface area (Å²) in [6.45, 7) is 5.91. The van der Waals surface area contributed by atoms with Gasteiger partial charge in [-0.1, -0.05) is 30.3 Å². The van der Waals surface area contributed by atoms with E-state index in [9.17, 15) is 8.42 Å². The Bertz CT molecular complexity index is 1010. The summed E-state index contributed by atoms with van der Waals surface area (Å²) in [5.74, 6) is 0.654. The van der Waals surface area contributed by atoms with Gasteiger partial charge in [-0.15, -0.1) is 0 Å². The number of hydrogen-bond acceptors (Lipinski definition) is 4. The van der Waals surface area contributed by atoms with E-state index in [-0.39, 0.29) is 4.90 Å². The Kier molecular flexibility index (Phi) is 4.95. The van der Waals surface area contributed by atoms with Crippen molar-refractivity contribution in [1.82, 2.24) is 4.98 Å². The van der Waals surface area contributed by atoms with Crippen molar-refractivity contribution in [2.45, 2.75) is 25.7 Å². The predicted molar refractivity (Wildman–Crippen MR) is 105 cm³/mol. The van der Waals surface area contributed by atoms with E-state index in [1.807, 2.05) is 45.0 Å². The number of para-hydroxylation sites is 1. The number of nitrogens with one attached hydrogen (secondary N) is 2. The molecule has 0 amide bonds. The molecule has 6 heteroatoms. The van der Waals surface area contributed by atoms with Crippen LogP contribution in [0.3, 0.4) is 0 Å². The minimum absolute atomic E-state index is 0.232. The number of hydrogen-bond donors (Lipinski definition) is 2. The van der Waals surface area contributed by atoms with Crippen LogP contribution in [0, 0.1) is 20.8 Å². The monoisotopic (exact) mass is 367 g/mol. The molecule has 5 nitrogen and oxygen atoms in total. The Morgan fingerprint density at radius 1 is 0.885 bits per heavy atom. The summed E-state index contributed by atoms with van der Waals surface area (Å²) in [4.78, 5) is 4.55. The van der Waals surface area contributed by atoms with Crippen LogP contribution in [0.2, 0.25) is 0 Å². The van der Waals surface area contributed by atoms with E-state index in [1.165, 1.54) is 6.20 Å². The van der Waals surface area contributed by atoms with Crippen molar-refractivity contribution in [3.8, 4) is 0 Å². The molecular weight excluding hydrogens is 346 g/mol. The number of pyridine rings is 1. The Morgan fingerprint density at radius 3 is 2.19 bits per heavy atom. The van der Waals surface area contributed by atoms with Gasteiger partial charge in [0.15, 0.2) is 0 Å². The lowest BCUT2D eigenvalue weighted by atomic mass is 10.1. The lowest BCUT2D eigenvalue weighted by molar-refractivity contribution is 0.601. The molecule has 0 atom stereocenters. The van der Waals surface area contributed by atoms with E-state index in [4.69, 9.17) is 0 Å². The number of aromatic nitrogens is 1. The Morgan fingerprint density at radius 2 is 1.58 bits per heavy atom. The quantitative estimate of drug-likeness (QED) is 0.694. The van der Waals surface area contributed by atoms with Gasteiger partial charge in [-0.2, -0.15) is 0 Å². The van der Waals surface area contributed by atoms with E-state index < -0.39 is 10.0 Å². The number of aryl methyl sites for hydroxylation is 3. The molecule has 0 spiro atoms. The Labute approximate surface area is 154 Å². The summed E-state index contributed by atoms with van der Waals surface area (Å²) < 4.78 is 27.5. The highest BCUT2D eigenvalue weighted by atomic mass is 32.2. The molecule has 0 bridgehead atoms. The van der Waals surface area contributed by atoms with E-state index >= 15 is 0 Å². The predicted octanol–water partition coefficient (Wildman–Crippen LogP) is 4.55. The average Bonchev–Trinajstić information content (AvgIpc) is 2.59. The summed E-state index contributed by atoms with van der Waals surface area (Å²) in [5, 5.41) is 3.28. The van der Waals surface area contributed by atoms with Gasteiger partial charge in [-0.3, -0.25) is 4.72 Å². The average molecular weight is 367 g/mol. The fourth-order valence-corrected chi connectivity index (χ4v) is 3.81. The van der Waals surface area contributed by atoms with Gasteiger partial charge in [0.2, 0.25) is 0 Å². The molecule has 26 heavy (non-hydrogen) atoms. The number of nitrogens with zero attached hydrogens (tertiary/aromatic N) is 1. The van der Waals surface area contributed by atoms with Crippen LogP contribution in [0.1, 0.15) is 16.7 Å². The van der Waals surface area contributed by atoms with Crippen LogP contribution < -0.4 is 10.0 Å². The van der Waals surface area contributed by atoms with E-state index in [0.717, 1.165) is 22.4 Å². The van der Waals surface area contributed by atoms with Gasteiger partial charge in [0.25, 0.3) is 10.0 Å². The smallest absolute Gasteiger partial charge is 0.261 e. The Hall–Kier alpha value is -2.86. The summed E-state index contributed by atoms with van der Waals surface area (Å²) in [6, 6.07) is 16.3. The second-order valence-electron chi connectivity index (χ2n) is 6.25. The first-order chi connectivity index (χ1) is 12.3. The number of sulfonamides is 1. The number of anilines is 3. The van der Waals surface area contributed by atoms with Gasteiger partial charge in [0.05, 0.1) is 16.8 Å². The van der Waals surface area contributed by atoms with E-state index in [2.05, 4.69) is 15.0 Å². The maximum Gasteiger partial charge on any atom is 0.261 e. The van der Waals surface area contributed by atoms with Gasteiger partial charge in [0, 0.05) is 5.69 Å². The van der Waals surface area contributed by atoms with Crippen LogP contribution in [0.4, 0.5) is 17.2 Å². The molecule has 0 saturated carbocycles. The molecule has 0 aliphatic carbocycles. The van der Waals surface area contributed by atoms with Crippen LogP contribution in [0.25, 0.3) is 0 Å². The third-order valence-electron chi connectivity index (χ3n) is 4.05. The summed E-state index contributed by atoms with van der Waals surface area (Å²) >= 11 is 0. The van der Waals surface area contributed by atoms with Crippen LogP contribution in [0.15, 0.2) is 65.7 Å². The molecule has 0 unspecified atom stereocenters. The van der Waals surface area contributed by atoms with Crippen molar-refractivity contribution in [3.63, 3.8) is 0 Å². The first-order valence-corrected chi connectivity index (χ1v) is 9.72. The van der Waals surface area contributed by atoms with Crippen molar-refractivity contribution < 1.29 is 8.42 Å². The first kappa shape index (κ1) is 17.9. The van der Waals surface area contributed by atoms with Crippen LogP contribution in [-0.2, 0) is 10.0 Å². The lowest BCUT2D eigenvalue weighted by Crippen LogP contribution is -2.13.